The molecule has 0 aromatic carbocycles. The van der Waals surface area contributed by atoms with Gasteiger partial charge in [-0.25, -0.2) is 9.97 Å². The third-order valence-electron chi connectivity index (χ3n) is 5.26. The van der Waals surface area contributed by atoms with Crippen LogP contribution in [0.5, 0.6) is 0 Å². The number of hydrogen-bond acceptors (Lipinski definition) is 4. The zero-order valence-electron chi connectivity index (χ0n) is 13.3. The molecular weight excluding hydrogens is 292 g/mol. The molecule has 1 atom stereocenters. The average molecular weight is 314 g/mol. The number of aromatic nitrogens is 3. The molecule has 2 fully saturated rings. The summed E-state index contributed by atoms with van der Waals surface area (Å²) in [6.07, 6.45) is 9.26. The summed E-state index contributed by atoms with van der Waals surface area (Å²) in [5, 5.41) is 13.5. The van der Waals surface area contributed by atoms with E-state index in [-0.39, 0.29) is 11.9 Å². The van der Waals surface area contributed by atoms with Crippen molar-refractivity contribution in [1.29, 1.82) is 0 Å². The van der Waals surface area contributed by atoms with Crippen molar-refractivity contribution >= 4 is 17.1 Å². The standard InChI is InChI=1S/C17H22N4O2/c1-10(17(23)6-2-3-7-17)20-16(22)12-8-18-15-14(12)21-13(9-19-15)11-4-5-11/h8-11,23H,2-7H2,1H3,(H,18,19)(H,20,22)/t10-/m0/s1. The van der Waals surface area contributed by atoms with Gasteiger partial charge in [-0.2, -0.15) is 0 Å². The van der Waals surface area contributed by atoms with E-state index in [4.69, 9.17) is 0 Å². The highest BCUT2D eigenvalue weighted by Crippen LogP contribution is 2.39. The lowest BCUT2D eigenvalue weighted by atomic mass is 9.93. The Morgan fingerprint density at radius 1 is 1.43 bits per heavy atom. The Morgan fingerprint density at radius 3 is 2.87 bits per heavy atom. The van der Waals surface area contributed by atoms with Gasteiger partial charge in [0.05, 0.1) is 29.1 Å². The second-order valence-electron chi connectivity index (χ2n) is 6.97. The number of amides is 1. The van der Waals surface area contributed by atoms with Crippen molar-refractivity contribution in [2.45, 2.75) is 63.0 Å². The van der Waals surface area contributed by atoms with Gasteiger partial charge in [0.1, 0.15) is 5.52 Å². The van der Waals surface area contributed by atoms with Crippen molar-refractivity contribution < 1.29 is 9.90 Å². The molecule has 4 rings (SSSR count). The minimum absolute atomic E-state index is 0.202. The van der Waals surface area contributed by atoms with Crippen LogP contribution in [0.25, 0.3) is 11.2 Å². The monoisotopic (exact) mass is 314 g/mol. The van der Waals surface area contributed by atoms with Gasteiger partial charge >= 0.3 is 0 Å². The lowest BCUT2D eigenvalue weighted by molar-refractivity contribution is 0.0140. The van der Waals surface area contributed by atoms with Crippen LogP contribution in [0.4, 0.5) is 0 Å². The van der Waals surface area contributed by atoms with Crippen LogP contribution in [-0.2, 0) is 0 Å². The second kappa shape index (κ2) is 5.30. The van der Waals surface area contributed by atoms with E-state index in [1.807, 2.05) is 6.92 Å². The molecule has 2 aliphatic carbocycles. The minimum Gasteiger partial charge on any atom is -0.388 e. The van der Waals surface area contributed by atoms with Crippen LogP contribution in [0, 0.1) is 0 Å². The smallest absolute Gasteiger partial charge is 0.255 e. The molecule has 6 nitrogen and oxygen atoms in total. The third-order valence-corrected chi connectivity index (χ3v) is 5.26. The second-order valence-corrected chi connectivity index (χ2v) is 6.97. The Bertz CT molecular complexity index is 744. The number of carbonyl (C=O) groups is 1. The van der Waals surface area contributed by atoms with Gasteiger partial charge in [-0.3, -0.25) is 4.79 Å². The van der Waals surface area contributed by atoms with Crippen LogP contribution < -0.4 is 5.32 Å². The van der Waals surface area contributed by atoms with Crippen molar-refractivity contribution in [2.75, 3.05) is 0 Å². The van der Waals surface area contributed by atoms with E-state index < -0.39 is 5.60 Å². The average Bonchev–Trinajstić information content (AvgIpc) is 3.15. The number of H-pyrrole nitrogens is 1. The first kappa shape index (κ1) is 14.6. The van der Waals surface area contributed by atoms with E-state index in [9.17, 15) is 9.90 Å². The first-order chi connectivity index (χ1) is 11.1. The fourth-order valence-corrected chi connectivity index (χ4v) is 3.48. The number of carbonyl (C=O) groups excluding carboxylic acids is 1. The van der Waals surface area contributed by atoms with Crippen molar-refractivity contribution in [1.82, 2.24) is 20.3 Å². The van der Waals surface area contributed by atoms with E-state index >= 15 is 0 Å². The van der Waals surface area contributed by atoms with Gasteiger partial charge in [0.25, 0.3) is 5.91 Å². The first-order valence-electron chi connectivity index (χ1n) is 8.44. The summed E-state index contributed by atoms with van der Waals surface area (Å²) in [7, 11) is 0. The Balaban J connectivity index is 1.58. The predicted octanol–water partition coefficient (Wildman–Crippen LogP) is 2.26. The molecule has 2 aromatic rings. The molecule has 2 aromatic heterocycles. The van der Waals surface area contributed by atoms with Gasteiger partial charge in [-0.1, -0.05) is 12.8 Å². The third kappa shape index (κ3) is 2.61. The summed E-state index contributed by atoms with van der Waals surface area (Å²) in [6, 6.07) is -0.276. The molecule has 0 bridgehead atoms. The molecule has 2 saturated carbocycles. The largest absolute Gasteiger partial charge is 0.388 e. The van der Waals surface area contributed by atoms with Gasteiger partial charge in [-0.15, -0.1) is 0 Å². The Morgan fingerprint density at radius 2 is 2.17 bits per heavy atom. The minimum atomic E-state index is -0.785. The number of aliphatic hydroxyl groups is 1. The SMILES string of the molecule is C[C@H](NC(=O)c1c[nH]c2ncc(C3CC3)nc12)C1(O)CCCC1. The molecule has 0 unspecified atom stereocenters. The summed E-state index contributed by atoms with van der Waals surface area (Å²) in [5.74, 6) is 0.294. The molecule has 0 radical (unpaired) electrons. The number of rotatable bonds is 4. The number of hydrogen-bond donors (Lipinski definition) is 3. The quantitative estimate of drug-likeness (QED) is 0.807. The Labute approximate surface area is 134 Å². The zero-order chi connectivity index (χ0) is 16.0. The molecule has 122 valence electrons. The number of fused-ring (bicyclic) bond motifs is 1. The molecule has 1 amide bonds. The highest BCUT2D eigenvalue weighted by atomic mass is 16.3. The van der Waals surface area contributed by atoms with Crippen LogP contribution in [0.1, 0.15) is 67.4 Å². The normalized spacial score (nSPS) is 21.5. The molecular formula is C17H22N4O2. The maximum Gasteiger partial charge on any atom is 0.255 e. The molecule has 0 aliphatic heterocycles. The summed E-state index contributed by atoms with van der Waals surface area (Å²) in [6.45, 7) is 1.87. The van der Waals surface area contributed by atoms with Crippen molar-refractivity contribution in [3.05, 3.63) is 23.7 Å². The molecule has 2 heterocycles. The van der Waals surface area contributed by atoms with Gasteiger partial charge in [-0.05, 0) is 32.6 Å². The molecule has 0 spiro atoms. The molecule has 23 heavy (non-hydrogen) atoms. The van der Waals surface area contributed by atoms with Gasteiger partial charge in [0.2, 0.25) is 0 Å². The van der Waals surface area contributed by atoms with Crippen LogP contribution in [0.2, 0.25) is 0 Å². The van der Waals surface area contributed by atoms with Crippen LogP contribution in [0.3, 0.4) is 0 Å². The molecule has 6 heteroatoms. The van der Waals surface area contributed by atoms with Gasteiger partial charge in [0.15, 0.2) is 5.65 Å². The van der Waals surface area contributed by atoms with Crippen molar-refractivity contribution in [3.63, 3.8) is 0 Å². The fourth-order valence-electron chi connectivity index (χ4n) is 3.48. The summed E-state index contributed by atoms with van der Waals surface area (Å²) < 4.78 is 0. The van der Waals surface area contributed by atoms with Gasteiger partial charge < -0.3 is 15.4 Å². The summed E-state index contributed by atoms with van der Waals surface area (Å²) in [4.78, 5) is 24.6. The van der Waals surface area contributed by atoms with Crippen LogP contribution in [0.15, 0.2) is 12.4 Å². The highest BCUT2D eigenvalue weighted by Gasteiger charge is 2.38. The number of aromatic amines is 1. The van der Waals surface area contributed by atoms with Crippen molar-refractivity contribution in [2.24, 2.45) is 0 Å². The zero-order valence-corrected chi connectivity index (χ0v) is 13.3. The molecule has 3 N–H and O–H groups in total. The Kier molecular flexibility index (Phi) is 3.37. The lowest BCUT2D eigenvalue weighted by Gasteiger charge is -2.30. The molecule has 0 saturated heterocycles. The number of nitrogens with zero attached hydrogens (tertiary/aromatic N) is 2. The van der Waals surface area contributed by atoms with Gasteiger partial charge in [0, 0.05) is 12.1 Å². The Hall–Kier alpha value is -1.95. The predicted molar refractivity (Wildman–Crippen MR) is 86.2 cm³/mol. The van der Waals surface area contributed by atoms with Crippen LogP contribution >= 0.6 is 0 Å². The summed E-state index contributed by atoms with van der Waals surface area (Å²) >= 11 is 0. The molecule has 2 aliphatic rings. The highest BCUT2D eigenvalue weighted by molar-refractivity contribution is 6.04. The maximum absolute atomic E-state index is 12.6. The van der Waals surface area contributed by atoms with E-state index in [1.165, 1.54) is 0 Å². The lowest BCUT2D eigenvalue weighted by Crippen LogP contribution is -2.49. The van der Waals surface area contributed by atoms with Crippen LogP contribution in [-0.4, -0.2) is 37.6 Å². The summed E-state index contributed by atoms with van der Waals surface area (Å²) in [5.41, 5.74) is 1.94. The van der Waals surface area contributed by atoms with E-state index in [0.717, 1.165) is 44.2 Å². The fraction of sp³-hybridized carbons (Fsp3) is 0.588. The first-order valence-corrected chi connectivity index (χ1v) is 8.44. The topological polar surface area (TPSA) is 90.9 Å². The van der Waals surface area contributed by atoms with E-state index in [1.54, 1.807) is 12.4 Å². The maximum atomic E-state index is 12.6. The number of nitrogens with one attached hydrogen (secondary N) is 2. The van der Waals surface area contributed by atoms with E-state index in [0.29, 0.717) is 22.6 Å². The van der Waals surface area contributed by atoms with E-state index in [2.05, 4.69) is 20.3 Å². The van der Waals surface area contributed by atoms with Crippen molar-refractivity contribution in [3.8, 4) is 0 Å².